The van der Waals surface area contributed by atoms with Gasteiger partial charge in [0, 0.05) is 22.4 Å². The van der Waals surface area contributed by atoms with Crippen LogP contribution in [-0.4, -0.2) is 0 Å². The quantitative estimate of drug-likeness (QED) is 0.146. The minimum Gasteiger partial charge on any atom is -0.310 e. The second-order valence-corrected chi connectivity index (χ2v) is 16.5. The normalized spacial score (nSPS) is 12.6. The summed E-state index contributed by atoms with van der Waals surface area (Å²) in [7, 11) is 0. The average Bonchev–Trinajstić information content (AvgIpc) is 3.55. The third-order valence-corrected chi connectivity index (χ3v) is 12.7. The molecule has 0 atom stereocenters. The fourth-order valence-electron chi connectivity index (χ4n) is 9.78. The highest BCUT2D eigenvalue weighted by Gasteiger charge is 2.37. The van der Waals surface area contributed by atoms with Crippen LogP contribution in [-0.2, 0) is 5.41 Å². The fourth-order valence-corrected chi connectivity index (χ4v) is 9.78. The zero-order valence-corrected chi connectivity index (χ0v) is 33.8. The van der Waals surface area contributed by atoms with E-state index >= 15 is 0 Å². The van der Waals surface area contributed by atoms with E-state index in [4.69, 9.17) is 0 Å². The van der Waals surface area contributed by atoms with E-state index in [0.29, 0.717) is 0 Å². The van der Waals surface area contributed by atoms with Crippen molar-refractivity contribution in [1.29, 1.82) is 0 Å². The molecule has 10 aromatic carbocycles. The maximum Gasteiger partial charge on any atom is 0.0546 e. The largest absolute Gasteiger partial charge is 0.310 e. The SMILES string of the molecule is CC1(C)c2ccccc2-c2c(-c3cccc(N(c4ccc(-c5ccccc5)cc4)c4ccc(-c5cc6ccccc6c6ccccc56)cc4)c3-c3ccccc3)cccc21. The van der Waals surface area contributed by atoms with Crippen LogP contribution < -0.4 is 4.90 Å². The first kappa shape index (κ1) is 35.7. The lowest BCUT2D eigenvalue weighted by atomic mass is 9.81. The van der Waals surface area contributed by atoms with Crippen molar-refractivity contribution >= 4 is 38.6 Å². The van der Waals surface area contributed by atoms with Gasteiger partial charge in [-0.3, -0.25) is 0 Å². The average molecular weight is 766 g/mol. The molecular formula is C59H43N. The monoisotopic (exact) mass is 765 g/mol. The van der Waals surface area contributed by atoms with E-state index in [1.165, 1.54) is 88.3 Å². The molecule has 0 bridgehead atoms. The Morgan fingerprint density at radius 3 is 1.53 bits per heavy atom. The first-order chi connectivity index (χ1) is 29.5. The molecule has 284 valence electrons. The summed E-state index contributed by atoms with van der Waals surface area (Å²) in [4.78, 5) is 2.45. The molecule has 1 aliphatic rings. The molecule has 60 heavy (non-hydrogen) atoms. The third kappa shape index (κ3) is 5.85. The molecule has 0 saturated carbocycles. The Bertz CT molecular complexity index is 3200. The Balaban J connectivity index is 1.13. The maximum atomic E-state index is 2.45. The first-order valence-electron chi connectivity index (χ1n) is 20.9. The van der Waals surface area contributed by atoms with Crippen LogP contribution in [0.15, 0.2) is 224 Å². The van der Waals surface area contributed by atoms with Gasteiger partial charge in [0.25, 0.3) is 0 Å². The van der Waals surface area contributed by atoms with E-state index in [2.05, 4.69) is 243 Å². The minimum atomic E-state index is -0.100. The van der Waals surface area contributed by atoms with E-state index < -0.39 is 0 Å². The van der Waals surface area contributed by atoms with Gasteiger partial charge in [0.15, 0.2) is 0 Å². The van der Waals surface area contributed by atoms with Crippen LogP contribution in [0.1, 0.15) is 25.0 Å². The van der Waals surface area contributed by atoms with Gasteiger partial charge >= 0.3 is 0 Å². The van der Waals surface area contributed by atoms with Crippen molar-refractivity contribution in [3.8, 4) is 55.6 Å². The van der Waals surface area contributed by atoms with Crippen LogP contribution in [0.3, 0.4) is 0 Å². The maximum absolute atomic E-state index is 2.45. The van der Waals surface area contributed by atoms with Crippen molar-refractivity contribution in [2.45, 2.75) is 19.3 Å². The van der Waals surface area contributed by atoms with Gasteiger partial charge < -0.3 is 4.90 Å². The summed E-state index contributed by atoms with van der Waals surface area (Å²) < 4.78 is 0. The molecular weight excluding hydrogens is 723 g/mol. The Morgan fingerprint density at radius 1 is 0.317 bits per heavy atom. The predicted molar refractivity (Wildman–Crippen MR) is 255 cm³/mol. The van der Waals surface area contributed by atoms with Crippen LogP contribution in [0.5, 0.6) is 0 Å². The Morgan fingerprint density at radius 2 is 0.817 bits per heavy atom. The zero-order chi connectivity index (χ0) is 40.2. The van der Waals surface area contributed by atoms with Gasteiger partial charge in [0.2, 0.25) is 0 Å². The van der Waals surface area contributed by atoms with Crippen molar-refractivity contribution in [1.82, 2.24) is 0 Å². The molecule has 0 radical (unpaired) electrons. The molecule has 0 saturated heterocycles. The molecule has 1 aliphatic carbocycles. The van der Waals surface area contributed by atoms with Gasteiger partial charge in [0.1, 0.15) is 0 Å². The standard InChI is InChI=1S/C59H43N/c1-59(2)54-28-14-13-25-52(54)58-51(26-15-29-55(58)59)50-27-16-30-56(57(50)43-19-7-4-8-20-43)60(45-35-31-41(32-36-45)40-17-5-3-6-18-40)46-37-33-42(34-38-46)53-39-44-21-9-10-22-47(44)48-23-11-12-24-49(48)53/h3-39H,1-2H3. The Hall–Kier alpha value is -7.48. The summed E-state index contributed by atoms with van der Waals surface area (Å²) in [5.41, 5.74) is 18.3. The fraction of sp³-hybridized carbons (Fsp3) is 0.0508. The summed E-state index contributed by atoms with van der Waals surface area (Å²) in [6.45, 7) is 4.72. The Kier molecular flexibility index (Phi) is 8.57. The number of benzene rings is 10. The van der Waals surface area contributed by atoms with Crippen molar-refractivity contribution in [2.75, 3.05) is 4.90 Å². The summed E-state index contributed by atoms with van der Waals surface area (Å²) in [6, 6.07) is 82.4. The molecule has 0 aromatic heterocycles. The molecule has 0 N–H and O–H groups in total. The van der Waals surface area contributed by atoms with Crippen LogP contribution in [0, 0.1) is 0 Å². The second kappa shape index (κ2) is 14.4. The van der Waals surface area contributed by atoms with Gasteiger partial charge in [-0.15, -0.1) is 0 Å². The van der Waals surface area contributed by atoms with Gasteiger partial charge in [-0.1, -0.05) is 202 Å². The first-order valence-corrected chi connectivity index (χ1v) is 20.9. The van der Waals surface area contributed by atoms with Gasteiger partial charge in [0.05, 0.1) is 5.69 Å². The van der Waals surface area contributed by atoms with Crippen molar-refractivity contribution < 1.29 is 0 Å². The van der Waals surface area contributed by atoms with E-state index in [9.17, 15) is 0 Å². The summed E-state index contributed by atoms with van der Waals surface area (Å²) in [5, 5.41) is 5.07. The Labute approximate surface area is 352 Å². The van der Waals surface area contributed by atoms with E-state index in [-0.39, 0.29) is 5.41 Å². The molecule has 0 aliphatic heterocycles. The van der Waals surface area contributed by atoms with Crippen molar-refractivity contribution in [3.63, 3.8) is 0 Å². The zero-order valence-electron chi connectivity index (χ0n) is 33.8. The smallest absolute Gasteiger partial charge is 0.0546 e. The molecule has 0 fully saturated rings. The number of hydrogen-bond acceptors (Lipinski definition) is 1. The topological polar surface area (TPSA) is 3.24 Å². The lowest BCUT2D eigenvalue weighted by Gasteiger charge is -2.30. The van der Waals surface area contributed by atoms with Gasteiger partial charge in [-0.05, 0) is 119 Å². The minimum absolute atomic E-state index is 0.100. The van der Waals surface area contributed by atoms with E-state index in [1.807, 2.05) is 0 Å². The van der Waals surface area contributed by atoms with Crippen molar-refractivity contribution in [3.05, 3.63) is 236 Å². The molecule has 0 amide bonds. The van der Waals surface area contributed by atoms with Crippen LogP contribution in [0.2, 0.25) is 0 Å². The van der Waals surface area contributed by atoms with Crippen LogP contribution >= 0.6 is 0 Å². The summed E-state index contributed by atoms with van der Waals surface area (Å²) in [5.74, 6) is 0. The molecule has 0 heterocycles. The van der Waals surface area contributed by atoms with Gasteiger partial charge in [-0.2, -0.15) is 0 Å². The summed E-state index contributed by atoms with van der Waals surface area (Å²) in [6.07, 6.45) is 0. The lowest BCUT2D eigenvalue weighted by Crippen LogP contribution is -2.14. The molecule has 0 unspecified atom stereocenters. The number of rotatable bonds is 7. The highest BCUT2D eigenvalue weighted by atomic mass is 15.1. The summed E-state index contributed by atoms with van der Waals surface area (Å²) >= 11 is 0. The second-order valence-electron chi connectivity index (χ2n) is 16.5. The number of hydrogen-bond donors (Lipinski definition) is 0. The van der Waals surface area contributed by atoms with Crippen molar-refractivity contribution in [2.24, 2.45) is 0 Å². The third-order valence-electron chi connectivity index (χ3n) is 12.7. The molecule has 11 rings (SSSR count). The van der Waals surface area contributed by atoms with E-state index in [0.717, 1.165) is 17.1 Å². The molecule has 0 spiro atoms. The molecule has 1 heteroatoms. The van der Waals surface area contributed by atoms with Crippen LogP contribution in [0.25, 0.3) is 77.2 Å². The molecule has 10 aromatic rings. The predicted octanol–water partition coefficient (Wildman–Crippen LogP) is 16.4. The number of fused-ring (bicyclic) bond motifs is 6. The highest BCUT2D eigenvalue weighted by Crippen LogP contribution is 2.54. The number of anilines is 3. The highest BCUT2D eigenvalue weighted by molar-refractivity contribution is 6.14. The van der Waals surface area contributed by atoms with Gasteiger partial charge in [-0.25, -0.2) is 0 Å². The van der Waals surface area contributed by atoms with E-state index in [1.54, 1.807) is 0 Å². The van der Waals surface area contributed by atoms with Crippen LogP contribution in [0.4, 0.5) is 17.1 Å². The molecule has 1 nitrogen and oxygen atoms in total. The lowest BCUT2D eigenvalue weighted by molar-refractivity contribution is 0.660. The number of nitrogens with zero attached hydrogens (tertiary/aromatic N) is 1.